The second-order valence-corrected chi connectivity index (χ2v) is 7.95. The van der Waals surface area contributed by atoms with Gasteiger partial charge >= 0.3 is 0 Å². The molecule has 2 aliphatic rings. The third-order valence-corrected chi connectivity index (χ3v) is 5.98. The number of nitro benzene ring substituents is 1. The van der Waals surface area contributed by atoms with Crippen LogP contribution in [0.2, 0.25) is 0 Å². The normalized spacial score (nSPS) is 21.6. The molecule has 2 aliphatic heterocycles. The van der Waals surface area contributed by atoms with Gasteiger partial charge in [-0.15, -0.1) is 0 Å². The van der Waals surface area contributed by atoms with E-state index in [4.69, 9.17) is 9.57 Å². The summed E-state index contributed by atoms with van der Waals surface area (Å²) in [7, 11) is 0. The average molecular weight is 459 g/mol. The topological polar surface area (TPSA) is 102 Å². The number of hydroxylamine groups is 1. The summed E-state index contributed by atoms with van der Waals surface area (Å²) in [5.74, 6) is -1.02. The molecular weight excluding hydrogens is 438 g/mol. The number of para-hydroxylation sites is 1. The maximum Gasteiger partial charge on any atom is 0.269 e. The highest BCUT2D eigenvalue weighted by Crippen LogP contribution is 2.47. The molecule has 5 rings (SSSR count). The number of benzene rings is 3. The van der Waals surface area contributed by atoms with Crippen LogP contribution in [-0.2, 0) is 14.4 Å². The highest BCUT2D eigenvalue weighted by molar-refractivity contribution is 6.23. The minimum Gasteiger partial charge on any atom is -0.494 e. The van der Waals surface area contributed by atoms with Crippen LogP contribution in [-0.4, -0.2) is 29.4 Å². The lowest BCUT2D eigenvalue weighted by Gasteiger charge is -2.28. The van der Waals surface area contributed by atoms with Gasteiger partial charge in [0.05, 0.1) is 28.9 Å². The van der Waals surface area contributed by atoms with Gasteiger partial charge in [0.1, 0.15) is 11.7 Å². The second-order valence-electron chi connectivity index (χ2n) is 7.95. The Hall–Kier alpha value is -4.24. The number of hydrogen-bond donors (Lipinski definition) is 0. The van der Waals surface area contributed by atoms with Crippen molar-refractivity contribution in [3.8, 4) is 5.75 Å². The lowest BCUT2D eigenvalue weighted by molar-refractivity contribution is -0.384. The number of imide groups is 1. The first-order valence-corrected chi connectivity index (χ1v) is 10.9. The predicted octanol–water partition coefficient (Wildman–Crippen LogP) is 4.04. The summed E-state index contributed by atoms with van der Waals surface area (Å²) >= 11 is 0. The Morgan fingerprint density at radius 1 is 0.912 bits per heavy atom. The van der Waals surface area contributed by atoms with Gasteiger partial charge < -0.3 is 4.74 Å². The SMILES string of the molecule is CCOc1ccc(N2C(=O)[C@@H]3[C@H](ON(c4ccccc4)[C@H]3c3ccc([N+](=O)[O-])cc3)C2=O)cc1. The number of anilines is 2. The zero-order valence-corrected chi connectivity index (χ0v) is 18.2. The molecule has 3 aromatic rings. The van der Waals surface area contributed by atoms with Crippen molar-refractivity contribution in [2.45, 2.75) is 19.1 Å². The first-order valence-electron chi connectivity index (χ1n) is 10.9. The zero-order chi connectivity index (χ0) is 23.8. The lowest BCUT2D eigenvalue weighted by Crippen LogP contribution is -2.37. The minimum absolute atomic E-state index is 0.0599. The van der Waals surface area contributed by atoms with Gasteiger partial charge in [-0.05, 0) is 48.9 Å². The van der Waals surface area contributed by atoms with Gasteiger partial charge in [0, 0.05) is 12.1 Å². The van der Waals surface area contributed by atoms with Crippen LogP contribution in [0.3, 0.4) is 0 Å². The van der Waals surface area contributed by atoms with E-state index in [-0.39, 0.29) is 11.6 Å². The highest BCUT2D eigenvalue weighted by atomic mass is 16.7. The smallest absolute Gasteiger partial charge is 0.269 e. The number of carbonyl (C=O) groups excluding carboxylic acids is 2. The molecule has 9 nitrogen and oxygen atoms in total. The summed E-state index contributed by atoms with van der Waals surface area (Å²) in [6, 6.07) is 21.2. The Bertz CT molecular complexity index is 1230. The van der Waals surface area contributed by atoms with Gasteiger partial charge in [-0.3, -0.25) is 24.5 Å². The van der Waals surface area contributed by atoms with Crippen molar-refractivity contribution in [3.63, 3.8) is 0 Å². The first kappa shape index (κ1) is 21.6. The van der Waals surface area contributed by atoms with E-state index in [1.165, 1.54) is 12.1 Å². The molecule has 0 saturated carbocycles. The van der Waals surface area contributed by atoms with Crippen LogP contribution in [0.15, 0.2) is 78.9 Å². The number of non-ortho nitro benzene ring substituents is 1. The number of rotatable bonds is 6. The molecule has 0 bridgehead atoms. The molecule has 172 valence electrons. The molecule has 0 radical (unpaired) electrons. The number of ether oxygens (including phenoxy) is 1. The molecule has 34 heavy (non-hydrogen) atoms. The van der Waals surface area contributed by atoms with E-state index in [1.807, 2.05) is 37.3 Å². The summed E-state index contributed by atoms with van der Waals surface area (Å²) in [5.41, 5.74) is 1.69. The van der Waals surface area contributed by atoms with E-state index in [0.29, 0.717) is 29.3 Å². The van der Waals surface area contributed by atoms with E-state index in [0.717, 1.165) is 4.90 Å². The van der Waals surface area contributed by atoms with E-state index >= 15 is 0 Å². The van der Waals surface area contributed by atoms with E-state index in [1.54, 1.807) is 41.5 Å². The summed E-state index contributed by atoms with van der Waals surface area (Å²) in [6.45, 7) is 2.38. The molecule has 9 heteroatoms. The Labute approximate surface area is 195 Å². The monoisotopic (exact) mass is 459 g/mol. The van der Waals surface area contributed by atoms with Crippen molar-refractivity contribution in [1.82, 2.24) is 0 Å². The standard InChI is InChI=1S/C25H21N3O6/c1-2-33-20-14-12-17(13-15-20)26-24(29)21-22(16-8-10-19(11-9-16)28(31)32)27(34-23(21)25(26)30)18-6-4-3-5-7-18/h3-15,21-23H,2H2,1H3/t21-,22-,23-/m0/s1. The Kier molecular flexibility index (Phi) is 5.46. The molecule has 2 fully saturated rings. The Balaban J connectivity index is 1.53. The molecule has 3 aromatic carbocycles. The van der Waals surface area contributed by atoms with Gasteiger partial charge in [-0.1, -0.05) is 30.3 Å². The van der Waals surface area contributed by atoms with Crippen molar-refractivity contribution in [3.05, 3.63) is 94.5 Å². The van der Waals surface area contributed by atoms with E-state index < -0.39 is 28.9 Å². The van der Waals surface area contributed by atoms with Crippen LogP contribution < -0.4 is 14.7 Å². The summed E-state index contributed by atoms with van der Waals surface area (Å²) < 4.78 is 5.45. The van der Waals surface area contributed by atoms with Crippen LogP contribution >= 0.6 is 0 Å². The number of carbonyl (C=O) groups is 2. The molecule has 3 atom stereocenters. The first-order chi connectivity index (χ1) is 16.5. The predicted molar refractivity (Wildman–Crippen MR) is 123 cm³/mol. The maximum atomic E-state index is 13.6. The molecule has 0 aliphatic carbocycles. The number of fused-ring (bicyclic) bond motifs is 1. The molecule has 0 unspecified atom stereocenters. The average Bonchev–Trinajstić information content (AvgIpc) is 3.36. The van der Waals surface area contributed by atoms with E-state index in [2.05, 4.69) is 0 Å². The van der Waals surface area contributed by atoms with Crippen LogP contribution in [0.5, 0.6) is 5.75 Å². The van der Waals surface area contributed by atoms with Gasteiger partial charge in [0.2, 0.25) is 5.91 Å². The van der Waals surface area contributed by atoms with E-state index in [9.17, 15) is 19.7 Å². The maximum absolute atomic E-state index is 13.6. The Morgan fingerprint density at radius 2 is 1.59 bits per heavy atom. The number of hydrogen-bond acceptors (Lipinski definition) is 7. The lowest BCUT2D eigenvalue weighted by atomic mass is 9.90. The van der Waals surface area contributed by atoms with Crippen LogP contribution in [0.4, 0.5) is 17.1 Å². The van der Waals surface area contributed by atoms with Crippen LogP contribution in [0.1, 0.15) is 18.5 Å². The fourth-order valence-electron chi connectivity index (χ4n) is 4.46. The summed E-state index contributed by atoms with van der Waals surface area (Å²) in [4.78, 5) is 44.8. The van der Waals surface area contributed by atoms with Crippen LogP contribution in [0.25, 0.3) is 0 Å². The van der Waals surface area contributed by atoms with Gasteiger partial charge in [-0.25, -0.2) is 9.96 Å². The number of nitrogens with zero attached hydrogens (tertiary/aromatic N) is 3. The van der Waals surface area contributed by atoms with Crippen molar-refractivity contribution in [2.24, 2.45) is 5.92 Å². The molecule has 2 saturated heterocycles. The molecule has 0 N–H and O–H groups in total. The van der Waals surface area contributed by atoms with Crippen molar-refractivity contribution in [1.29, 1.82) is 0 Å². The summed E-state index contributed by atoms with van der Waals surface area (Å²) in [6.07, 6.45) is -1.01. The van der Waals surface area contributed by atoms with Gasteiger partial charge in [0.25, 0.3) is 11.6 Å². The number of amides is 2. The molecule has 2 heterocycles. The second kappa shape index (κ2) is 8.60. The largest absolute Gasteiger partial charge is 0.494 e. The Morgan fingerprint density at radius 3 is 2.21 bits per heavy atom. The van der Waals surface area contributed by atoms with Crippen molar-refractivity contribution >= 4 is 28.9 Å². The van der Waals surface area contributed by atoms with Crippen molar-refractivity contribution in [2.75, 3.05) is 16.6 Å². The van der Waals surface area contributed by atoms with Gasteiger partial charge in [0.15, 0.2) is 6.10 Å². The molecule has 2 amide bonds. The zero-order valence-electron chi connectivity index (χ0n) is 18.2. The minimum atomic E-state index is -1.01. The third-order valence-electron chi connectivity index (χ3n) is 5.98. The van der Waals surface area contributed by atoms with Crippen LogP contribution in [0, 0.1) is 16.0 Å². The summed E-state index contributed by atoms with van der Waals surface area (Å²) in [5, 5.41) is 12.7. The van der Waals surface area contributed by atoms with Crippen molar-refractivity contribution < 1.29 is 24.1 Å². The fraction of sp³-hybridized carbons (Fsp3) is 0.200. The highest BCUT2D eigenvalue weighted by Gasteiger charge is 2.60. The fourth-order valence-corrected chi connectivity index (χ4v) is 4.46. The molecule has 0 spiro atoms. The molecular formula is C25H21N3O6. The van der Waals surface area contributed by atoms with Gasteiger partial charge in [-0.2, -0.15) is 0 Å². The number of nitro groups is 1. The quantitative estimate of drug-likeness (QED) is 0.311. The molecule has 0 aromatic heterocycles. The third kappa shape index (κ3) is 3.56.